The smallest absolute Gasteiger partial charge is 0.203 e. The largest absolute Gasteiger partial charge is 0.493 e. The minimum Gasteiger partial charge on any atom is -0.493 e. The van der Waals surface area contributed by atoms with Crippen molar-refractivity contribution in [3.63, 3.8) is 0 Å². The molecular formula is C23H25ClN2O3. The quantitative estimate of drug-likeness (QED) is 0.681. The monoisotopic (exact) mass is 412 g/mol. The number of methoxy groups -OCH3 is 1. The van der Waals surface area contributed by atoms with E-state index >= 15 is 0 Å². The Balaban J connectivity index is 1.63. The molecule has 3 aliphatic rings. The normalized spacial score (nSPS) is 27.1. The Bertz CT molecular complexity index is 973. The van der Waals surface area contributed by atoms with Crippen LogP contribution in [0.3, 0.4) is 0 Å². The van der Waals surface area contributed by atoms with E-state index in [1.807, 2.05) is 36.4 Å². The van der Waals surface area contributed by atoms with Crippen molar-refractivity contribution in [2.75, 3.05) is 13.7 Å². The number of fused-ring (bicyclic) bond motifs is 4. The molecule has 1 fully saturated rings. The summed E-state index contributed by atoms with van der Waals surface area (Å²) in [5, 5.41) is 8.00. The molecule has 2 aromatic carbocycles. The van der Waals surface area contributed by atoms with Crippen LogP contribution in [0.5, 0.6) is 11.5 Å². The molecule has 29 heavy (non-hydrogen) atoms. The summed E-state index contributed by atoms with van der Waals surface area (Å²) in [4.78, 5) is 0. The molecule has 0 aliphatic carbocycles. The van der Waals surface area contributed by atoms with Gasteiger partial charge in [-0.15, -0.1) is 0 Å². The lowest BCUT2D eigenvalue weighted by atomic mass is 9.86. The standard InChI is InChI=1S/C23H25ClN2O3/c1-22(2)14-23(11-12-28-22)26-19(17-5-4-6-20(27-3)21(17)29-23)13-18(25-26)15-7-9-16(24)10-8-15/h4-10,19H,11-14H2,1-3H3/t19-,23-/m1/s1. The number of nitrogens with zero attached hydrogens (tertiary/aromatic N) is 2. The number of hydrogen-bond donors (Lipinski definition) is 0. The Labute approximate surface area is 176 Å². The zero-order valence-electron chi connectivity index (χ0n) is 16.9. The van der Waals surface area contributed by atoms with Gasteiger partial charge in [-0.3, -0.25) is 0 Å². The van der Waals surface area contributed by atoms with Crippen LogP contribution in [0.4, 0.5) is 0 Å². The maximum atomic E-state index is 6.73. The summed E-state index contributed by atoms with van der Waals surface area (Å²) >= 11 is 6.09. The molecular weight excluding hydrogens is 388 g/mol. The minimum atomic E-state index is -0.553. The second-order valence-electron chi connectivity index (χ2n) is 8.58. The van der Waals surface area contributed by atoms with E-state index in [0.29, 0.717) is 6.61 Å². The van der Waals surface area contributed by atoms with E-state index in [2.05, 4.69) is 24.9 Å². The van der Waals surface area contributed by atoms with Gasteiger partial charge in [-0.25, -0.2) is 5.01 Å². The number of ether oxygens (including phenoxy) is 3. The van der Waals surface area contributed by atoms with Gasteiger partial charge in [0.1, 0.15) is 0 Å². The Kier molecular flexibility index (Phi) is 4.30. The van der Waals surface area contributed by atoms with Crippen molar-refractivity contribution < 1.29 is 14.2 Å². The molecule has 2 aromatic rings. The molecule has 0 aromatic heterocycles. The van der Waals surface area contributed by atoms with Gasteiger partial charge in [0.25, 0.3) is 0 Å². The first kappa shape index (κ1) is 18.8. The highest BCUT2D eigenvalue weighted by Gasteiger charge is 2.55. The molecule has 3 aliphatic heterocycles. The molecule has 2 atom stereocenters. The second-order valence-corrected chi connectivity index (χ2v) is 9.02. The fraction of sp³-hybridized carbons (Fsp3) is 0.435. The molecule has 0 N–H and O–H groups in total. The van der Waals surface area contributed by atoms with E-state index < -0.39 is 5.72 Å². The van der Waals surface area contributed by atoms with Gasteiger partial charge in [-0.05, 0) is 37.6 Å². The summed E-state index contributed by atoms with van der Waals surface area (Å²) in [5.41, 5.74) is 2.42. The predicted molar refractivity (Wildman–Crippen MR) is 113 cm³/mol. The number of halogens is 1. The average molecular weight is 413 g/mol. The van der Waals surface area contributed by atoms with Gasteiger partial charge in [0.2, 0.25) is 5.72 Å². The summed E-state index contributed by atoms with van der Waals surface area (Å²) in [6.45, 7) is 4.86. The Morgan fingerprint density at radius 1 is 1.17 bits per heavy atom. The van der Waals surface area contributed by atoms with E-state index in [1.165, 1.54) is 0 Å². The summed E-state index contributed by atoms with van der Waals surface area (Å²) in [6, 6.07) is 14.1. The van der Waals surface area contributed by atoms with Crippen molar-refractivity contribution in [3.05, 3.63) is 58.6 Å². The predicted octanol–water partition coefficient (Wildman–Crippen LogP) is 5.18. The Morgan fingerprint density at radius 3 is 2.69 bits per heavy atom. The first-order valence-corrected chi connectivity index (χ1v) is 10.4. The molecule has 0 amide bonds. The lowest BCUT2D eigenvalue weighted by molar-refractivity contribution is -0.212. The maximum absolute atomic E-state index is 6.73. The maximum Gasteiger partial charge on any atom is 0.203 e. The van der Waals surface area contributed by atoms with Crippen molar-refractivity contribution in [1.82, 2.24) is 5.01 Å². The summed E-state index contributed by atoms with van der Waals surface area (Å²) < 4.78 is 18.4. The summed E-state index contributed by atoms with van der Waals surface area (Å²) in [5.74, 6) is 1.60. The van der Waals surface area contributed by atoms with Crippen LogP contribution in [-0.2, 0) is 4.74 Å². The van der Waals surface area contributed by atoms with Crippen LogP contribution in [0.25, 0.3) is 0 Å². The van der Waals surface area contributed by atoms with Crippen molar-refractivity contribution in [1.29, 1.82) is 0 Å². The molecule has 1 saturated heterocycles. The minimum absolute atomic E-state index is 0.105. The molecule has 0 unspecified atom stereocenters. The van der Waals surface area contributed by atoms with Crippen molar-refractivity contribution >= 4 is 17.3 Å². The molecule has 0 radical (unpaired) electrons. The topological polar surface area (TPSA) is 43.3 Å². The van der Waals surface area contributed by atoms with Gasteiger partial charge in [0, 0.05) is 29.8 Å². The molecule has 0 saturated carbocycles. The molecule has 6 heteroatoms. The van der Waals surface area contributed by atoms with Crippen LogP contribution in [-0.4, -0.2) is 35.8 Å². The van der Waals surface area contributed by atoms with Gasteiger partial charge in [-0.1, -0.05) is 35.9 Å². The van der Waals surface area contributed by atoms with Gasteiger partial charge < -0.3 is 14.2 Å². The van der Waals surface area contributed by atoms with Crippen molar-refractivity contribution in [2.24, 2.45) is 5.10 Å². The highest BCUT2D eigenvalue weighted by Crippen LogP contribution is 2.54. The Hall–Kier alpha value is -2.24. The summed E-state index contributed by atoms with van der Waals surface area (Å²) in [7, 11) is 1.69. The average Bonchev–Trinajstić information content (AvgIpc) is 3.14. The highest BCUT2D eigenvalue weighted by atomic mass is 35.5. The number of benzene rings is 2. The molecule has 5 nitrogen and oxygen atoms in total. The SMILES string of the molecule is COc1cccc2c1O[C@@]1(CCOC(C)(C)C1)N1N=C(c3ccc(Cl)cc3)C[C@H]21. The zero-order valence-corrected chi connectivity index (χ0v) is 17.7. The van der Waals surface area contributed by atoms with E-state index in [9.17, 15) is 0 Å². The Morgan fingerprint density at radius 2 is 1.97 bits per heavy atom. The third kappa shape index (κ3) is 3.08. The molecule has 1 spiro atoms. The van der Waals surface area contributed by atoms with Crippen LogP contribution in [0.1, 0.15) is 50.3 Å². The van der Waals surface area contributed by atoms with Crippen molar-refractivity contribution in [2.45, 2.75) is 50.5 Å². The number of para-hydroxylation sites is 1. The lowest BCUT2D eigenvalue weighted by Crippen LogP contribution is -2.60. The van der Waals surface area contributed by atoms with Crippen molar-refractivity contribution in [3.8, 4) is 11.5 Å². The summed E-state index contributed by atoms with van der Waals surface area (Å²) in [6.07, 6.45) is 2.29. The fourth-order valence-corrected chi connectivity index (χ4v) is 4.95. The van der Waals surface area contributed by atoms with E-state index in [1.54, 1.807) is 7.11 Å². The number of hydrogen-bond acceptors (Lipinski definition) is 5. The number of hydrazone groups is 1. The first-order chi connectivity index (χ1) is 13.9. The van der Waals surface area contributed by atoms with Crippen LogP contribution in [0, 0.1) is 0 Å². The van der Waals surface area contributed by atoms with Gasteiger partial charge >= 0.3 is 0 Å². The third-order valence-corrected chi connectivity index (χ3v) is 6.33. The molecule has 5 rings (SSSR count). The molecule has 0 bridgehead atoms. The van der Waals surface area contributed by atoms with Crippen LogP contribution in [0.15, 0.2) is 47.6 Å². The van der Waals surface area contributed by atoms with E-state index in [4.69, 9.17) is 30.9 Å². The molecule has 3 heterocycles. The van der Waals surface area contributed by atoms with Gasteiger partial charge in [0.15, 0.2) is 11.5 Å². The van der Waals surface area contributed by atoms with E-state index in [-0.39, 0.29) is 11.6 Å². The van der Waals surface area contributed by atoms with Gasteiger partial charge in [-0.2, -0.15) is 5.10 Å². The number of rotatable bonds is 2. The molecule has 152 valence electrons. The highest BCUT2D eigenvalue weighted by molar-refractivity contribution is 6.30. The lowest BCUT2D eigenvalue weighted by Gasteiger charge is -2.52. The van der Waals surface area contributed by atoms with Crippen LogP contribution < -0.4 is 9.47 Å². The fourth-order valence-electron chi connectivity index (χ4n) is 4.82. The first-order valence-electron chi connectivity index (χ1n) is 10.0. The van der Waals surface area contributed by atoms with E-state index in [0.717, 1.165) is 52.6 Å². The zero-order chi connectivity index (χ0) is 20.2. The van der Waals surface area contributed by atoms with Crippen LogP contribution >= 0.6 is 11.6 Å². The van der Waals surface area contributed by atoms with Crippen LogP contribution in [0.2, 0.25) is 5.02 Å². The van der Waals surface area contributed by atoms with Gasteiger partial charge in [0.05, 0.1) is 31.1 Å². The third-order valence-electron chi connectivity index (χ3n) is 6.07. The second kappa shape index (κ2) is 6.64.